The minimum absolute atomic E-state index is 0.00403. The van der Waals surface area contributed by atoms with Gasteiger partial charge >= 0.3 is 5.97 Å². The van der Waals surface area contributed by atoms with E-state index in [4.69, 9.17) is 0 Å². The maximum atomic E-state index is 13.2. The predicted octanol–water partition coefficient (Wildman–Crippen LogP) is 2.58. The van der Waals surface area contributed by atoms with E-state index in [-0.39, 0.29) is 23.0 Å². The summed E-state index contributed by atoms with van der Waals surface area (Å²) in [6.07, 6.45) is 0. The number of phenolic OH excluding ortho intramolecular Hbond substituents is 1. The number of phenols is 1. The molecule has 1 heterocycles. The van der Waals surface area contributed by atoms with Gasteiger partial charge in [-0.15, -0.1) is 11.8 Å². The maximum Gasteiger partial charge on any atom is 0.327 e. The second kappa shape index (κ2) is 7.92. The SMILES string of the molecule is CC(C)(C)C(=O)[C@H](CS)C(=O)N1C(c2ccccc2O)SC[C@H]1C(=O)O. The van der Waals surface area contributed by atoms with Crippen LogP contribution in [0.2, 0.25) is 0 Å². The van der Waals surface area contributed by atoms with Crippen molar-refractivity contribution in [1.29, 1.82) is 0 Å². The number of Topliss-reactive ketones (excluding diaryl/α,β-unsaturated/α-hetero) is 1. The highest BCUT2D eigenvalue weighted by molar-refractivity contribution is 7.99. The molecular formula is C18H23NO5S2. The fourth-order valence-electron chi connectivity index (χ4n) is 2.88. The Morgan fingerprint density at radius 2 is 1.92 bits per heavy atom. The Kier molecular flexibility index (Phi) is 6.29. The summed E-state index contributed by atoms with van der Waals surface area (Å²) in [4.78, 5) is 38.8. The molecule has 6 nitrogen and oxygen atoms in total. The summed E-state index contributed by atoms with van der Waals surface area (Å²) in [6.45, 7) is 5.15. The number of carbonyl (C=O) groups is 3. The van der Waals surface area contributed by atoms with E-state index in [1.54, 1.807) is 39.0 Å². The van der Waals surface area contributed by atoms with Gasteiger partial charge in [0.05, 0.1) is 0 Å². The highest BCUT2D eigenvalue weighted by atomic mass is 32.2. The standard InChI is InChI=1S/C18H23NO5S2/c1-18(2,3)14(21)11(8-25)15(22)19-12(17(23)24)9-26-16(19)10-6-4-5-7-13(10)20/h4-7,11-12,16,20,25H,8-9H2,1-3H3,(H,23,24)/t11-,12-,16?/m0/s1. The highest BCUT2D eigenvalue weighted by Crippen LogP contribution is 2.45. The molecule has 0 spiro atoms. The Hall–Kier alpha value is -1.67. The molecule has 1 unspecified atom stereocenters. The molecule has 142 valence electrons. The van der Waals surface area contributed by atoms with Gasteiger partial charge in [0.1, 0.15) is 23.1 Å². The number of hydrogen-bond acceptors (Lipinski definition) is 6. The number of hydrogen-bond donors (Lipinski definition) is 3. The Morgan fingerprint density at radius 1 is 1.31 bits per heavy atom. The number of nitrogens with zero attached hydrogens (tertiary/aromatic N) is 1. The number of benzene rings is 1. The lowest BCUT2D eigenvalue weighted by Gasteiger charge is -2.32. The lowest BCUT2D eigenvalue weighted by atomic mass is 9.83. The van der Waals surface area contributed by atoms with E-state index in [0.717, 1.165) is 0 Å². The second-order valence-electron chi connectivity index (χ2n) is 7.19. The minimum atomic E-state index is -1.13. The summed E-state index contributed by atoms with van der Waals surface area (Å²) in [5.41, 5.74) is -0.297. The number of thioether (sulfide) groups is 1. The molecule has 0 radical (unpaired) electrons. The Bertz CT molecular complexity index is 716. The number of ketones is 1. The summed E-state index contributed by atoms with van der Waals surface area (Å²) >= 11 is 5.42. The highest BCUT2D eigenvalue weighted by Gasteiger charge is 2.47. The maximum absolute atomic E-state index is 13.2. The second-order valence-corrected chi connectivity index (χ2v) is 8.67. The van der Waals surface area contributed by atoms with E-state index in [0.29, 0.717) is 5.56 Å². The predicted molar refractivity (Wildman–Crippen MR) is 103 cm³/mol. The third-order valence-electron chi connectivity index (χ3n) is 4.28. The lowest BCUT2D eigenvalue weighted by molar-refractivity contribution is -0.153. The van der Waals surface area contributed by atoms with Gasteiger partial charge in [0, 0.05) is 22.5 Å². The molecule has 2 rings (SSSR count). The molecule has 1 aromatic rings. The van der Waals surface area contributed by atoms with Gasteiger partial charge in [0.15, 0.2) is 5.78 Å². The number of aliphatic carboxylic acids is 1. The molecule has 0 saturated carbocycles. The monoisotopic (exact) mass is 397 g/mol. The fraction of sp³-hybridized carbons (Fsp3) is 0.500. The average Bonchev–Trinajstić information content (AvgIpc) is 2.99. The van der Waals surface area contributed by atoms with Gasteiger partial charge < -0.3 is 15.1 Å². The molecular weight excluding hydrogens is 374 g/mol. The summed E-state index contributed by atoms with van der Waals surface area (Å²) in [5, 5.41) is 19.0. The molecule has 1 aliphatic heterocycles. The van der Waals surface area contributed by atoms with Gasteiger partial charge in [-0.25, -0.2) is 4.79 Å². The van der Waals surface area contributed by atoms with Crippen LogP contribution >= 0.6 is 24.4 Å². The van der Waals surface area contributed by atoms with Crippen molar-refractivity contribution in [3.05, 3.63) is 29.8 Å². The quantitative estimate of drug-likeness (QED) is 0.522. The number of carbonyl (C=O) groups excluding carboxylic acids is 2. The molecule has 0 aromatic heterocycles. The van der Waals surface area contributed by atoms with E-state index < -0.39 is 34.6 Å². The van der Waals surface area contributed by atoms with Crippen LogP contribution in [0.5, 0.6) is 5.75 Å². The third-order valence-corrected chi connectivity index (χ3v) is 5.95. The molecule has 1 saturated heterocycles. The number of para-hydroxylation sites is 1. The zero-order valence-corrected chi connectivity index (χ0v) is 16.6. The van der Waals surface area contributed by atoms with E-state index in [1.807, 2.05) is 0 Å². The van der Waals surface area contributed by atoms with Crippen molar-refractivity contribution in [3.8, 4) is 5.75 Å². The van der Waals surface area contributed by atoms with Gasteiger partial charge in [0.2, 0.25) is 5.91 Å². The minimum Gasteiger partial charge on any atom is -0.508 e. The van der Waals surface area contributed by atoms with Gasteiger partial charge in [-0.3, -0.25) is 9.59 Å². The van der Waals surface area contributed by atoms with Crippen LogP contribution in [0.15, 0.2) is 24.3 Å². The Labute approximate surface area is 162 Å². The van der Waals surface area contributed by atoms with Crippen LogP contribution in [0.25, 0.3) is 0 Å². The van der Waals surface area contributed by atoms with E-state index >= 15 is 0 Å². The first-order valence-electron chi connectivity index (χ1n) is 8.19. The zero-order valence-electron chi connectivity index (χ0n) is 14.9. The van der Waals surface area contributed by atoms with Crippen molar-refractivity contribution in [2.24, 2.45) is 11.3 Å². The van der Waals surface area contributed by atoms with Crippen molar-refractivity contribution in [1.82, 2.24) is 4.90 Å². The molecule has 26 heavy (non-hydrogen) atoms. The number of carboxylic acid groups (broad SMARTS) is 1. The van der Waals surface area contributed by atoms with Crippen molar-refractivity contribution < 1.29 is 24.6 Å². The van der Waals surface area contributed by atoms with E-state index in [9.17, 15) is 24.6 Å². The summed E-state index contributed by atoms with van der Waals surface area (Å²) in [6, 6.07) is 5.44. The van der Waals surface area contributed by atoms with Crippen molar-refractivity contribution in [2.75, 3.05) is 11.5 Å². The number of aromatic hydroxyl groups is 1. The van der Waals surface area contributed by atoms with Crippen LogP contribution in [0.3, 0.4) is 0 Å². The smallest absolute Gasteiger partial charge is 0.327 e. The number of rotatable bonds is 5. The number of amides is 1. The van der Waals surface area contributed by atoms with Crippen molar-refractivity contribution in [3.63, 3.8) is 0 Å². The molecule has 2 N–H and O–H groups in total. The molecule has 1 amide bonds. The van der Waals surface area contributed by atoms with E-state index in [1.165, 1.54) is 22.7 Å². The molecule has 0 bridgehead atoms. The molecule has 1 fully saturated rings. The lowest BCUT2D eigenvalue weighted by Crippen LogP contribution is -2.49. The summed E-state index contributed by atoms with van der Waals surface area (Å²) in [7, 11) is 0. The normalized spacial score (nSPS) is 21.5. The number of thiol groups is 1. The fourth-order valence-corrected chi connectivity index (χ4v) is 4.66. The van der Waals surface area contributed by atoms with Crippen LogP contribution in [0.4, 0.5) is 0 Å². The van der Waals surface area contributed by atoms with Gasteiger partial charge in [-0.05, 0) is 6.07 Å². The molecule has 1 aliphatic rings. The van der Waals surface area contributed by atoms with Crippen LogP contribution in [0.1, 0.15) is 31.7 Å². The average molecular weight is 398 g/mol. The topological polar surface area (TPSA) is 94.9 Å². The zero-order chi connectivity index (χ0) is 19.6. The van der Waals surface area contributed by atoms with Crippen LogP contribution < -0.4 is 0 Å². The van der Waals surface area contributed by atoms with Crippen LogP contribution in [-0.4, -0.2) is 50.3 Å². The Morgan fingerprint density at radius 3 is 2.42 bits per heavy atom. The largest absolute Gasteiger partial charge is 0.508 e. The number of carboxylic acids is 1. The van der Waals surface area contributed by atoms with Crippen molar-refractivity contribution in [2.45, 2.75) is 32.2 Å². The van der Waals surface area contributed by atoms with E-state index in [2.05, 4.69) is 12.6 Å². The summed E-state index contributed by atoms with van der Waals surface area (Å²) < 4.78 is 0. The van der Waals surface area contributed by atoms with Crippen LogP contribution in [0, 0.1) is 11.3 Å². The van der Waals surface area contributed by atoms with Crippen LogP contribution in [-0.2, 0) is 14.4 Å². The summed E-state index contributed by atoms with van der Waals surface area (Å²) in [5.74, 6) is -2.85. The van der Waals surface area contributed by atoms with Gasteiger partial charge in [-0.2, -0.15) is 12.6 Å². The first kappa shape index (κ1) is 20.6. The first-order valence-corrected chi connectivity index (χ1v) is 9.87. The first-order chi connectivity index (χ1) is 12.1. The molecule has 3 atom stereocenters. The third kappa shape index (κ3) is 4.01. The Balaban J connectivity index is 2.45. The molecule has 1 aromatic carbocycles. The molecule has 0 aliphatic carbocycles. The van der Waals surface area contributed by atoms with Gasteiger partial charge in [0.25, 0.3) is 0 Å². The molecule has 8 heteroatoms. The van der Waals surface area contributed by atoms with Crippen molar-refractivity contribution >= 4 is 42.1 Å². The van der Waals surface area contributed by atoms with Gasteiger partial charge in [-0.1, -0.05) is 39.0 Å².